The lowest BCUT2D eigenvalue weighted by molar-refractivity contribution is -0.137. The van der Waals surface area contributed by atoms with Crippen molar-refractivity contribution in [1.82, 2.24) is 15.1 Å². The second-order valence-electron chi connectivity index (χ2n) is 6.22. The molecule has 2 aromatic rings. The summed E-state index contributed by atoms with van der Waals surface area (Å²) in [5, 5.41) is 6.62. The number of H-pyrrole nitrogens is 1. The van der Waals surface area contributed by atoms with Crippen LogP contribution in [-0.4, -0.2) is 40.0 Å². The molecule has 0 spiro atoms. The third-order valence-corrected chi connectivity index (χ3v) is 4.51. The van der Waals surface area contributed by atoms with Gasteiger partial charge in [0.15, 0.2) is 0 Å². The highest BCUT2D eigenvalue weighted by Gasteiger charge is 2.32. The van der Waals surface area contributed by atoms with E-state index in [-0.39, 0.29) is 17.2 Å². The van der Waals surface area contributed by atoms with Crippen LogP contribution >= 0.6 is 0 Å². The monoisotopic (exact) mass is 366 g/mol. The van der Waals surface area contributed by atoms with Crippen molar-refractivity contribution in [3.8, 4) is 0 Å². The molecule has 138 valence electrons. The van der Waals surface area contributed by atoms with E-state index in [1.807, 2.05) is 0 Å². The van der Waals surface area contributed by atoms with Crippen molar-refractivity contribution >= 4 is 11.8 Å². The molecule has 1 aliphatic heterocycles. The number of piperidine rings is 1. The lowest BCUT2D eigenvalue weighted by atomic mass is 9.93. The van der Waals surface area contributed by atoms with Crippen molar-refractivity contribution in [3.05, 3.63) is 52.8 Å². The van der Waals surface area contributed by atoms with Crippen LogP contribution in [0.1, 0.15) is 50.9 Å². The molecule has 9 heteroatoms. The van der Waals surface area contributed by atoms with Gasteiger partial charge in [-0.15, -0.1) is 0 Å². The highest BCUT2D eigenvalue weighted by Crippen LogP contribution is 2.31. The number of nitrogens with one attached hydrogen (secondary N) is 1. The maximum atomic E-state index is 12.8. The van der Waals surface area contributed by atoms with E-state index in [1.54, 1.807) is 6.07 Å². The molecule has 2 heterocycles. The highest BCUT2D eigenvalue weighted by atomic mass is 19.4. The molecular weight excluding hydrogens is 349 g/mol. The van der Waals surface area contributed by atoms with Crippen molar-refractivity contribution in [1.29, 1.82) is 0 Å². The number of likely N-dealkylation sites (tertiary alicyclic amines) is 1. The molecule has 1 aliphatic rings. The number of primary amides is 1. The number of halogens is 3. The summed E-state index contributed by atoms with van der Waals surface area (Å²) >= 11 is 0. The van der Waals surface area contributed by atoms with Gasteiger partial charge in [0.2, 0.25) is 0 Å². The second kappa shape index (κ2) is 6.81. The molecule has 0 unspecified atom stereocenters. The Hall–Kier alpha value is -2.84. The van der Waals surface area contributed by atoms with E-state index < -0.39 is 23.6 Å². The summed E-state index contributed by atoms with van der Waals surface area (Å²) in [6.07, 6.45) is -3.25. The first-order valence-corrected chi connectivity index (χ1v) is 8.07. The summed E-state index contributed by atoms with van der Waals surface area (Å²) in [6.45, 7) is 0.815. The molecular formula is C17H17F3N4O2. The number of carbonyl (C=O) groups excluding carboxylic acids is 2. The smallest absolute Gasteiger partial charge is 0.364 e. The number of hydrogen-bond donors (Lipinski definition) is 2. The maximum absolute atomic E-state index is 12.8. The first kappa shape index (κ1) is 18.0. The summed E-state index contributed by atoms with van der Waals surface area (Å²) in [4.78, 5) is 25.1. The van der Waals surface area contributed by atoms with Gasteiger partial charge >= 0.3 is 6.18 Å². The van der Waals surface area contributed by atoms with Gasteiger partial charge in [0.1, 0.15) is 5.69 Å². The van der Waals surface area contributed by atoms with Gasteiger partial charge in [0.25, 0.3) is 11.8 Å². The standard InChI is InChI=1S/C17H17F3N4O2/c18-17(19,20)12-3-1-2-11(8-12)16(26)24-6-4-10(5-7-24)13-9-14(15(21)25)23-22-13/h1-3,8-10H,4-7H2,(H2,21,25)(H,22,23). The van der Waals surface area contributed by atoms with Crippen LogP contribution in [0, 0.1) is 0 Å². The van der Waals surface area contributed by atoms with E-state index in [9.17, 15) is 22.8 Å². The molecule has 1 aromatic carbocycles. The largest absolute Gasteiger partial charge is 0.416 e. The first-order chi connectivity index (χ1) is 12.3. The number of alkyl halides is 3. The molecule has 2 amide bonds. The molecule has 1 saturated heterocycles. The van der Waals surface area contributed by atoms with Crippen molar-refractivity contribution in [2.24, 2.45) is 5.73 Å². The third-order valence-electron chi connectivity index (χ3n) is 4.51. The number of aromatic amines is 1. The van der Waals surface area contributed by atoms with Crippen molar-refractivity contribution in [3.63, 3.8) is 0 Å². The number of carbonyl (C=O) groups is 2. The number of benzene rings is 1. The van der Waals surface area contributed by atoms with Gasteiger partial charge in [-0.3, -0.25) is 14.7 Å². The van der Waals surface area contributed by atoms with Crippen molar-refractivity contribution in [2.45, 2.75) is 24.9 Å². The van der Waals surface area contributed by atoms with E-state index in [1.165, 1.54) is 17.0 Å². The molecule has 1 aromatic heterocycles. The Bertz CT molecular complexity index is 823. The Labute approximate surface area is 147 Å². The van der Waals surface area contributed by atoms with Crippen LogP contribution in [0.15, 0.2) is 30.3 Å². The Morgan fingerprint density at radius 1 is 1.19 bits per heavy atom. The molecule has 0 aliphatic carbocycles. The molecule has 3 rings (SSSR count). The maximum Gasteiger partial charge on any atom is 0.416 e. The number of nitrogens with zero attached hydrogens (tertiary/aromatic N) is 2. The predicted octanol–water partition coefficient (Wildman–Crippen LogP) is 2.55. The fourth-order valence-electron chi connectivity index (χ4n) is 3.08. The summed E-state index contributed by atoms with van der Waals surface area (Å²) < 4.78 is 38.4. The Balaban J connectivity index is 1.66. The van der Waals surface area contributed by atoms with E-state index in [0.29, 0.717) is 25.9 Å². The molecule has 3 N–H and O–H groups in total. The fraction of sp³-hybridized carbons (Fsp3) is 0.353. The van der Waals surface area contributed by atoms with Crippen LogP contribution in [0.25, 0.3) is 0 Å². The summed E-state index contributed by atoms with van der Waals surface area (Å²) in [6, 6.07) is 6.04. The van der Waals surface area contributed by atoms with Gasteiger partial charge in [0, 0.05) is 30.3 Å². The van der Waals surface area contributed by atoms with Crippen LogP contribution in [0.2, 0.25) is 0 Å². The first-order valence-electron chi connectivity index (χ1n) is 8.07. The van der Waals surface area contributed by atoms with Gasteiger partial charge in [-0.2, -0.15) is 18.3 Å². The molecule has 0 saturated carbocycles. The van der Waals surface area contributed by atoms with Crippen LogP contribution in [-0.2, 0) is 6.18 Å². The van der Waals surface area contributed by atoms with E-state index in [4.69, 9.17) is 5.73 Å². The van der Waals surface area contributed by atoms with Gasteiger partial charge in [-0.1, -0.05) is 6.07 Å². The van der Waals surface area contributed by atoms with Gasteiger partial charge in [0.05, 0.1) is 5.56 Å². The highest BCUT2D eigenvalue weighted by molar-refractivity contribution is 5.94. The van der Waals surface area contributed by atoms with Crippen molar-refractivity contribution in [2.75, 3.05) is 13.1 Å². The van der Waals surface area contributed by atoms with Crippen LogP contribution in [0.3, 0.4) is 0 Å². The van der Waals surface area contributed by atoms with Gasteiger partial charge < -0.3 is 10.6 Å². The molecule has 0 radical (unpaired) electrons. The van der Waals surface area contributed by atoms with Gasteiger partial charge in [-0.05, 0) is 37.1 Å². The summed E-state index contributed by atoms with van der Waals surface area (Å²) in [5.74, 6) is -0.956. The topological polar surface area (TPSA) is 92.1 Å². The minimum Gasteiger partial charge on any atom is -0.364 e. The normalized spacial score (nSPS) is 15.9. The number of rotatable bonds is 3. The number of aromatic nitrogens is 2. The molecule has 1 fully saturated rings. The second-order valence-corrected chi connectivity index (χ2v) is 6.22. The number of nitrogens with two attached hydrogens (primary N) is 1. The van der Waals surface area contributed by atoms with Crippen LogP contribution in [0.5, 0.6) is 0 Å². The quantitative estimate of drug-likeness (QED) is 0.874. The predicted molar refractivity (Wildman–Crippen MR) is 86.4 cm³/mol. The lowest BCUT2D eigenvalue weighted by Gasteiger charge is -2.31. The van der Waals surface area contributed by atoms with Crippen LogP contribution in [0.4, 0.5) is 13.2 Å². The zero-order valence-electron chi connectivity index (χ0n) is 13.7. The van der Waals surface area contributed by atoms with E-state index in [0.717, 1.165) is 17.8 Å². The minimum atomic E-state index is -4.48. The number of hydrogen-bond acceptors (Lipinski definition) is 3. The zero-order chi connectivity index (χ0) is 18.9. The Kier molecular flexibility index (Phi) is 4.71. The average molecular weight is 366 g/mol. The zero-order valence-corrected chi connectivity index (χ0v) is 13.7. The lowest BCUT2D eigenvalue weighted by Crippen LogP contribution is -2.38. The Morgan fingerprint density at radius 2 is 1.88 bits per heavy atom. The van der Waals surface area contributed by atoms with E-state index in [2.05, 4.69) is 10.2 Å². The molecule has 6 nitrogen and oxygen atoms in total. The van der Waals surface area contributed by atoms with Crippen molar-refractivity contribution < 1.29 is 22.8 Å². The summed E-state index contributed by atoms with van der Waals surface area (Å²) in [7, 11) is 0. The minimum absolute atomic E-state index is 0.0239. The van der Waals surface area contributed by atoms with Crippen LogP contribution < -0.4 is 5.73 Å². The van der Waals surface area contributed by atoms with E-state index >= 15 is 0 Å². The SMILES string of the molecule is NC(=O)c1cc(C2CCN(C(=O)c3cccc(C(F)(F)F)c3)CC2)[nH]n1. The van der Waals surface area contributed by atoms with Gasteiger partial charge in [-0.25, -0.2) is 0 Å². The molecule has 0 atom stereocenters. The average Bonchev–Trinajstić information content (AvgIpc) is 3.11. The fourth-order valence-corrected chi connectivity index (χ4v) is 3.08. The Morgan fingerprint density at radius 3 is 2.46 bits per heavy atom. The third kappa shape index (κ3) is 3.71. The molecule has 26 heavy (non-hydrogen) atoms. The number of amides is 2. The summed E-state index contributed by atoms with van der Waals surface area (Å²) in [5.41, 5.74) is 5.28. The molecule has 0 bridgehead atoms.